The summed E-state index contributed by atoms with van der Waals surface area (Å²) in [6.07, 6.45) is 7.03. The van der Waals surface area contributed by atoms with Crippen LogP contribution >= 0.6 is 0 Å². The topological polar surface area (TPSA) is 100 Å². The third kappa shape index (κ3) is 4.05. The van der Waals surface area contributed by atoms with Gasteiger partial charge in [0.25, 0.3) is 5.91 Å². The highest BCUT2D eigenvalue weighted by Crippen LogP contribution is 2.38. The predicted octanol–water partition coefficient (Wildman–Crippen LogP) is 3.06. The molecule has 2 saturated heterocycles. The van der Waals surface area contributed by atoms with Crippen molar-refractivity contribution in [2.24, 2.45) is 5.73 Å². The molecule has 0 radical (unpaired) electrons. The van der Waals surface area contributed by atoms with Crippen LogP contribution in [0.5, 0.6) is 0 Å². The van der Waals surface area contributed by atoms with Crippen LogP contribution in [-0.4, -0.2) is 60.5 Å². The molecule has 2 aliphatic heterocycles. The Bertz CT molecular complexity index is 1090. The number of amides is 1. The maximum Gasteiger partial charge on any atom is 0.267 e. The average molecular weight is 433 g/mol. The Balaban J connectivity index is 1.60. The zero-order valence-electron chi connectivity index (χ0n) is 18.1. The van der Waals surface area contributed by atoms with E-state index in [1.807, 2.05) is 12.1 Å². The minimum Gasteiger partial charge on any atom is -0.378 e. The second kappa shape index (κ2) is 9.00. The Kier molecular flexibility index (Phi) is 5.77. The predicted molar refractivity (Wildman–Crippen MR) is 125 cm³/mol. The number of benzene rings is 1. The van der Waals surface area contributed by atoms with Crippen molar-refractivity contribution < 1.29 is 9.53 Å². The molecular weight excluding hydrogens is 404 g/mol. The summed E-state index contributed by atoms with van der Waals surface area (Å²) in [4.78, 5) is 21.8. The second-order valence-corrected chi connectivity index (χ2v) is 8.29. The lowest BCUT2D eigenvalue weighted by Gasteiger charge is -2.34. The highest BCUT2D eigenvalue weighted by molar-refractivity contribution is 6.00. The minimum absolute atomic E-state index is 0.279. The number of nitrogens with one attached hydrogen (secondary N) is 1. The Morgan fingerprint density at radius 3 is 2.47 bits per heavy atom. The van der Waals surface area contributed by atoms with Gasteiger partial charge in [0.15, 0.2) is 0 Å². The number of pyridine rings is 1. The summed E-state index contributed by atoms with van der Waals surface area (Å²) in [5, 5.41) is 6.77. The number of aromatic amines is 1. The molecule has 1 amide bonds. The molecule has 8 nitrogen and oxygen atoms in total. The van der Waals surface area contributed by atoms with Crippen LogP contribution in [0.25, 0.3) is 22.4 Å². The van der Waals surface area contributed by atoms with E-state index in [-0.39, 0.29) is 5.69 Å². The first-order valence-electron chi connectivity index (χ1n) is 11.2. The molecular formula is C24H28N6O2. The maximum atomic E-state index is 12.4. The third-order valence-corrected chi connectivity index (χ3v) is 6.27. The van der Waals surface area contributed by atoms with E-state index in [4.69, 9.17) is 10.5 Å². The number of morpholine rings is 1. The van der Waals surface area contributed by atoms with Gasteiger partial charge in [-0.1, -0.05) is 6.07 Å². The number of nitrogens with two attached hydrogens (primary N) is 1. The molecule has 32 heavy (non-hydrogen) atoms. The second-order valence-electron chi connectivity index (χ2n) is 8.29. The molecule has 5 rings (SSSR count). The van der Waals surface area contributed by atoms with Crippen LogP contribution in [0.2, 0.25) is 0 Å². The van der Waals surface area contributed by atoms with E-state index in [0.29, 0.717) is 5.69 Å². The number of ether oxygens (including phenoxy) is 1. The molecule has 2 aromatic heterocycles. The number of anilines is 2. The fraction of sp³-hybridized carbons (Fsp3) is 0.375. The first kappa shape index (κ1) is 20.5. The molecule has 0 aliphatic carbocycles. The molecule has 2 fully saturated rings. The number of H-pyrrole nitrogens is 1. The number of aromatic nitrogens is 3. The van der Waals surface area contributed by atoms with Gasteiger partial charge in [-0.25, -0.2) is 4.98 Å². The van der Waals surface area contributed by atoms with Gasteiger partial charge in [-0.2, -0.15) is 5.10 Å². The van der Waals surface area contributed by atoms with Gasteiger partial charge in [0, 0.05) is 60.4 Å². The Labute approximate surface area is 187 Å². The number of nitrogens with zero attached hydrogens (tertiary/aromatic N) is 4. The zero-order chi connectivity index (χ0) is 21.9. The molecule has 1 aromatic carbocycles. The third-order valence-electron chi connectivity index (χ3n) is 6.27. The van der Waals surface area contributed by atoms with Crippen molar-refractivity contribution in [3.8, 4) is 22.4 Å². The van der Waals surface area contributed by atoms with E-state index < -0.39 is 5.91 Å². The van der Waals surface area contributed by atoms with Crippen LogP contribution in [-0.2, 0) is 4.74 Å². The molecule has 3 N–H and O–H groups in total. The Hall–Kier alpha value is -3.39. The number of primary amides is 1. The molecule has 0 unspecified atom stereocenters. The summed E-state index contributed by atoms with van der Waals surface area (Å²) in [5.74, 6) is -0.535. The fourth-order valence-corrected chi connectivity index (χ4v) is 4.58. The zero-order valence-corrected chi connectivity index (χ0v) is 18.1. The SMILES string of the molecule is NC(=O)c1nc(-c2cn[nH]c2)ccc1-c1ccc(N2CCOCC2)cc1N1CCCCC1. The van der Waals surface area contributed by atoms with Crippen molar-refractivity contribution in [1.82, 2.24) is 15.2 Å². The van der Waals surface area contributed by atoms with E-state index in [9.17, 15) is 4.79 Å². The molecule has 2 aliphatic rings. The van der Waals surface area contributed by atoms with Crippen LogP contribution < -0.4 is 15.5 Å². The largest absolute Gasteiger partial charge is 0.378 e. The normalized spacial score (nSPS) is 16.9. The summed E-state index contributed by atoms with van der Waals surface area (Å²) < 4.78 is 5.53. The molecule has 0 saturated carbocycles. The van der Waals surface area contributed by atoms with E-state index in [2.05, 4.69) is 43.2 Å². The number of hydrogen-bond donors (Lipinski definition) is 2. The Morgan fingerprint density at radius 1 is 0.969 bits per heavy atom. The first-order chi connectivity index (χ1) is 15.7. The van der Waals surface area contributed by atoms with Crippen molar-refractivity contribution in [3.05, 3.63) is 48.4 Å². The van der Waals surface area contributed by atoms with E-state index in [1.54, 1.807) is 12.4 Å². The van der Waals surface area contributed by atoms with Gasteiger partial charge < -0.3 is 20.3 Å². The van der Waals surface area contributed by atoms with Crippen molar-refractivity contribution in [1.29, 1.82) is 0 Å². The maximum absolute atomic E-state index is 12.4. The summed E-state index contributed by atoms with van der Waals surface area (Å²) >= 11 is 0. The van der Waals surface area contributed by atoms with Crippen molar-refractivity contribution in [3.63, 3.8) is 0 Å². The van der Waals surface area contributed by atoms with Gasteiger partial charge in [-0.3, -0.25) is 9.89 Å². The lowest BCUT2D eigenvalue weighted by atomic mass is 9.97. The standard InChI is InChI=1S/C24H28N6O2/c25-24(31)23-20(6-7-21(28-23)17-15-26-27-16-17)19-5-4-18(29-10-12-32-13-11-29)14-22(19)30-8-2-1-3-9-30/h4-7,14-16H,1-3,8-13H2,(H2,25,31)(H,26,27). The molecule has 4 heterocycles. The summed E-state index contributed by atoms with van der Waals surface area (Å²) in [6.45, 7) is 5.26. The molecule has 0 atom stereocenters. The Morgan fingerprint density at radius 2 is 1.75 bits per heavy atom. The molecule has 3 aromatic rings. The number of hydrogen-bond acceptors (Lipinski definition) is 6. The quantitative estimate of drug-likeness (QED) is 0.643. The molecule has 0 bridgehead atoms. The highest BCUT2D eigenvalue weighted by Gasteiger charge is 2.22. The molecule has 0 spiro atoms. The van der Waals surface area contributed by atoms with Crippen LogP contribution in [0.15, 0.2) is 42.7 Å². The van der Waals surface area contributed by atoms with Crippen LogP contribution in [0.3, 0.4) is 0 Å². The van der Waals surface area contributed by atoms with E-state index in [1.165, 1.54) is 24.9 Å². The smallest absolute Gasteiger partial charge is 0.267 e. The van der Waals surface area contributed by atoms with Crippen molar-refractivity contribution >= 4 is 17.3 Å². The van der Waals surface area contributed by atoms with Crippen LogP contribution in [0, 0.1) is 0 Å². The molecule has 166 valence electrons. The van der Waals surface area contributed by atoms with Crippen LogP contribution in [0.1, 0.15) is 29.8 Å². The van der Waals surface area contributed by atoms with Crippen molar-refractivity contribution in [2.45, 2.75) is 19.3 Å². The van der Waals surface area contributed by atoms with Gasteiger partial charge in [0.05, 0.1) is 25.1 Å². The number of carbonyl (C=O) groups excluding carboxylic acids is 1. The number of piperidine rings is 1. The number of carbonyl (C=O) groups is 1. The van der Waals surface area contributed by atoms with Gasteiger partial charge in [-0.05, 0) is 43.5 Å². The number of rotatable bonds is 5. The summed E-state index contributed by atoms with van der Waals surface area (Å²) in [6, 6.07) is 10.4. The highest BCUT2D eigenvalue weighted by atomic mass is 16.5. The van der Waals surface area contributed by atoms with Gasteiger partial charge >= 0.3 is 0 Å². The monoisotopic (exact) mass is 432 g/mol. The van der Waals surface area contributed by atoms with Crippen LogP contribution in [0.4, 0.5) is 11.4 Å². The van der Waals surface area contributed by atoms with Crippen molar-refractivity contribution in [2.75, 3.05) is 49.2 Å². The van der Waals surface area contributed by atoms with E-state index in [0.717, 1.165) is 61.8 Å². The summed E-state index contributed by atoms with van der Waals surface area (Å²) in [7, 11) is 0. The lowest BCUT2D eigenvalue weighted by molar-refractivity contribution is 0.0996. The fourth-order valence-electron chi connectivity index (χ4n) is 4.58. The summed E-state index contributed by atoms with van der Waals surface area (Å²) in [5.41, 5.74) is 11.6. The van der Waals surface area contributed by atoms with Gasteiger partial charge in [-0.15, -0.1) is 0 Å². The molecule has 8 heteroatoms. The average Bonchev–Trinajstić information content (AvgIpc) is 3.39. The van der Waals surface area contributed by atoms with Gasteiger partial charge in [0.1, 0.15) is 5.69 Å². The lowest BCUT2D eigenvalue weighted by Crippen LogP contribution is -2.36. The first-order valence-corrected chi connectivity index (χ1v) is 11.2. The van der Waals surface area contributed by atoms with Gasteiger partial charge in [0.2, 0.25) is 0 Å². The van der Waals surface area contributed by atoms with E-state index >= 15 is 0 Å². The minimum atomic E-state index is -0.535.